The van der Waals surface area contributed by atoms with Crippen molar-refractivity contribution < 1.29 is 5.11 Å². The molecule has 0 spiro atoms. The van der Waals surface area contributed by atoms with Gasteiger partial charge >= 0.3 is 0 Å². The van der Waals surface area contributed by atoms with E-state index in [4.69, 9.17) is 0 Å². The van der Waals surface area contributed by atoms with Gasteiger partial charge in [-0.05, 0) is 30.7 Å². The van der Waals surface area contributed by atoms with E-state index in [2.05, 4.69) is 4.98 Å². The Morgan fingerprint density at radius 1 is 1.31 bits per heavy atom. The lowest BCUT2D eigenvalue weighted by molar-refractivity contribution is 0.472. The molecule has 2 aromatic heterocycles. The van der Waals surface area contributed by atoms with Crippen molar-refractivity contribution in [3.05, 3.63) is 30.2 Å². The summed E-state index contributed by atoms with van der Waals surface area (Å²) in [5, 5.41) is 9.93. The molecule has 0 amide bonds. The molecule has 1 fully saturated rings. The number of hydrogen-bond acceptors (Lipinski definition) is 3. The first-order valence-corrected chi connectivity index (χ1v) is 6.67. The molecule has 3 heterocycles. The Morgan fingerprint density at radius 3 is 3.06 bits per heavy atom. The molecule has 1 atom stereocenters. The number of pyridine rings is 1. The van der Waals surface area contributed by atoms with Crippen molar-refractivity contribution in [2.24, 2.45) is 0 Å². The van der Waals surface area contributed by atoms with Gasteiger partial charge in [-0.15, -0.1) is 0 Å². The van der Waals surface area contributed by atoms with E-state index in [1.54, 1.807) is 12.3 Å². The summed E-state index contributed by atoms with van der Waals surface area (Å²) >= 11 is 2.00. The third kappa shape index (κ3) is 1.78. The standard InChI is InChI=1S/C12H14N2OS/c15-9-4-5-12-13-10(8-14(12)7-9)11-3-1-2-6-16-11/h4-5,7-8,11,15H,1-3,6H2. The summed E-state index contributed by atoms with van der Waals surface area (Å²) < 4.78 is 1.90. The zero-order valence-corrected chi connectivity index (χ0v) is 9.78. The summed E-state index contributed by atoms with van der Waals surface area (Å²) in [6.07, 6.45) is 7.60. The molecule has 0 radical (unpaired) electrons. The third-order valence-corrected chi connectivity index (χ3v) is 4.37. The number of aromatic nitrogens is 2. The van der Waals surface area contributed by atoms with Crippen LogP contribution in [-0.4, -0.2) is 20.2 Å². The molecular weight excluding hydrogens is 220 g/mol. The Kier molecular flexibility index (Phi) is 2.52. The van der Waals surface area contributed by atoms with Gasteiger partial charge in [-0.1, -0.05) is 6.42 Å². The van der Waals surface area contributed by atoms with Gasteiger partial charge < -0.3 is 9.51 Å². The summed E-state index contributed by atoms with van der Waals surface area (Å²) in [6.45, 7) is 0. The summed E-state index contributed by atoms with van der Waals surface area (Å²) in [7, 11) is 0. The molecule has 3 rings (SSSR count). The zero-order valence-electron chi connectivity index (χ0n) is 8.97. The fourth-order valence-electron chi connectivity index (χ4n) is 2.13. The van der Waals surface area contributed by atoms with Crippen LogP contribution >= 0.6 is 11.8 Å². The highest BCUT2D eigenvalue weighted by Gasteiger charge is 2.18. The van der Waals surface area contributed by atoms with Crippen LogP contribution in [0, 0.1) is 0 Å². The molecule has 16 heavy (non-hydrogen) atoms. The van der Waals surface area contributed by atoms with Crippen molar-refractivity contribution in [3.8, 4) is 5.75 Å². The fourth-order valence-corrected chi connectivity index (χ4v) is 3.40. The summed E-state index contributed by atoms with van der Waals surface area (Å²) in [5.41, 5.74) is 2.06. The Morgan fingerprint density at radius 2 is 2.25 bits per heavy atom. The lowest BCUT2D eigenvalue weighted by Crippen LogP contribution is -2.02. The largest absolute Gasteiger partial charge is 0.506 e. The van der Waals surface area contributed by atoms with Crippen molar-refractivity contribution in [3.63, 3.8) is 0 Å². The number of fused-ring (bicyclic) bond motifs is 1. The van der Waals surface area contributed by atoms with E-state index < -0.39 is 0 Å². The van der Waals surface area contributed by atoms with Crippen LogP contribution in [0.15, 0.2) is 24.5 Å². The second-order valence-electron chi connectivity index (χ2n) is 4.17. The van der Waals surface area contributed by atoms with Crippen LogP contribution in [0.3, 0.4) is 0 Å². The molecule has 1 unspecified atom stereocenters. The first-order valence-electron chi connectivity index (χ1n) is 5.62. The van der Waals surface area contributed by atoms with Gasteiger partial charge in [0.2, 0.25) is 0 Å². The van der Waals surface area contributed by atoms with Gasteiger partial charge in [0.1, 0.15) is 11.4 Å². The van der Waals surface area contributed by atoms with E-state index in [0.717, 1.165) is 11.3 Å². The highest BCUT2D eigenvalue weighted by Crippen LogP contribution is 2.37. The summed E-state index contributed by atoms with van der Waals surface area (Å²) in [5.74, 6) is 1.52. The van der Waals surface area contributed by atoms with Gasteiger partial charge in [0.05, 0.1) is 11.9 Å². The maximum absolute atomic E-state index is 9.40. The topological polar surface area (TPSA) is 37.5 Å². The van der Waals surface area contributed by atoms with Crippen molar-refractivity contribution in [2.75, 3.05) is 5.75 Å². The number of nitrogens with zero attached hydrogens (tertiary/aromatic N) is 2. The molecule has 1 aliphatic rings. The predicted octanol–water partition coefficient (Wildman–Crippen LogP) is 3.00. The van der Waals surface area contributed by atoms with E-state index in [0.29, 0.717) is 5.25 Å². The van der Waals surface area contributed by atoms with Gasteiger partial charge in [-0.25, -0.2) is 4.98 Å². The van der Waals surface area contributed by atoms with Crippen LogP contribution in [0.1, 0.15) is 30.2 Å². The van der Waals surface area contributed by atoms with Crippen molar-refractivity contribution in [1.29, 1.82) is 0 Å². The Hall–Kier alpha value is -1.16. The molecule has 2 aromatic rings. The van der Waals surface area contributed by atoms with Crippen LogP contribution < -0.4 is 0 Å². The quantitative estimate of drug-likeness (QED) is 0.824. The monoisotopic (exact) mass is 234 g/mol. The minimum Gasteiger partial charge on any atom is -0.506 e. The SMILES string of the molecule is Oc1ccc2nc(C3CCCCS3)cn2c1. The van der Waals surface area contributed by atoms with Crippen molar-refractivity contribution in [2.45, 2.75) is 24.5 Å². The second kappa shape index (κ2) is 4.01. The van der Waals surface area contributed by atoms with E-state index in [9.17, 15) is 5.11 Å². The van der Waals surface area contributed by atoms with Crippen LogP contribution in [0.5, 0.6) is 5.75 Å². The van der Waals surface area contributed by atoms with Crippen LogP contribution in [-0.2, 0) is 0 Å². The lowest BCUT2D eigenvalue weighted by Gasteiger charge is -2.18. The Bertz CT molecular complexity index is 503. The molecule has 0 saturated carbocycles. The molecular formula is C12H14N2OS. The maximum atomic E-state index is 9.40. The molecule has 0 aliphatic carbocycles. The molecule has 3 nitrogen and oxygen atoms in total. The molecule has 1 saturated heterocycles. The molecule has 4 heteroatoms. The average molecular weight is 234 g/mol. The minimum absolute atomic E-state index is 0.285. The van der Waals surface area contributed by atoms with Gasteiger partial charge in [-0.3, -0.25) is 0 Å². The lowest BCUT2D eigenvalue weighted by atomic mass is 10.1. The molecule has 84 valence electrons. The molecule has 0 aromatic carbocycles. The number of thioether (sulfide) groups is 1. The van der Waals surface area contributed by atoms with E-state index in [-0.39, 0.29) is 5.75 Å². The first-order chi connectivity index (χ1) is 7.83. The Balaban J connectivity index is 1.97. The van der Waals surface area contributed by atoms with Crippen molar-refractivity contribution >= 4 is 17.4 Å². The smallest absolute Gasteiger partial charge is 0.137 e. The van der Waals surface area contributed by atoms with Gasteiger partial charge in [0.15, 0.2) is 0 Å². The fraction of sp³-hybridized carbons (Fsp3) is 0.417. The molecule has 1 aliphatic heterocycles. The third-order valence-electron chi connectivity index (χ3n) is 2.96. The summed E-state index contributed by atoms with van der Waals surface area (Å²) in [4.78, 5) is 4.61. The van der Waals surface area contributed by atoms with Crippen LogP contribution in [0.4, 0.5) is 0 Å². The Labute approximate surface area is 98.5 Å². The highest BCUT2D eigenvalue weighted by atomic mass is 32.2. The number of imidazole rings is 1. The van der Waals surface area contributed by atoms with E-state index in [1.165, 1.54) is 25.0 Å². The first kappa shape index (κ1) is 10.0. The molecule has 0 bridgehead atoms. The van der Waals surface area contributed by atoms with Gasteiger partial charge in [0, 0.05) is 11.4 Å². The number of rotatable bonds is 1. The van der Waals surface area contributed by atoms with Gasteiger partial charge in [0.25, 0.3) is 0 Å². The normalized spacial score (nSPS) is 21.4. The minimum atomic E-state index is 0.285. The highest BCUT2D eigenvalue weighted by molar-refractivity contribution is 7.99. The average Bonchev–Trinajstić information content (AvgIpc) is 2.73. The van der Waals surface area contributed by atoms with Crippen LogP contribution in [0.2, 0.25) is 0 Å². The molecule has 1 N–H and O–H groups in total. The maximum Gasteiger partial charge on any atom is 0.137 e. The second-order valence-corrected chi connectivity index (χ2v) is 5.48. The van der Waals surface area contributed by atoms with Crippen LogP contribution in [0.25, 0.3) is 5.65 Å². The van der Waals surface area contributed by atoms with E-state index >= 15 is 0 Å². The van der Waals surface area contributed by atoms with Crippen molar-refractivity contribution in [1.82, 2.24) is 9.38 Å². The summed E-state index contributed by atoms with van der Waals surface area (Å²) in [6, 6.07) is 3.53. The predicted molar refractivity (Wildman–Crippen MR) is 65.9 cm³/mol. The zero-order chi connectivity index (χ0) is 11.0. The number of aromatic hydroxyl groups is 1. The van der Waals surface area contributed by atoms with Gasteiger partial charge in [-0.2, -0.15) is 11.8 Å². The number of hydrogen-bond donors (Lipinski definition) is 1. The van der Waals surface area contributed by atoms with E-state index in [1.807, 2.05) is 28.4 Å².